The Hall–Kier alpha value is -0.120. The topological polar surface area (TPSA) is 15.7 Å². The van der Waals surface area contributed by atoms with Gasteiger partial charge in [-0.3, -0.25) is 4.90 Å². The van der Waals surface area contributed by atoms with Crippen LogP contribution in [0.3, 0.4) is 0 Å². The maximum absolute atomic E-state index is 5.35. The summed E-state index contributed by atoms with van der Waals surface area (Å²) >= 11 is 0. The SMILES string of the molecule is CCC(CC)CCN(CCN(CC)CC)C(C)COC. The molecule has 20 heavy (non-hydrogen) atoms. The lowest BCUT2D eigenvalue weighted by Gasteiger charge is -2.32. The van der Waals surface area contributed by atoms with Crippen molar-refractivity contribution in [2.24, 2.45) is 5.92 Å². The highest BCUT2D eigenvalue weighted by molar-refractivity contribution is 4.70. The van der Waals surface area contributed by atoms with Gasteiger partial charge in [-0.25, -0.2) is 0 Å². The van der Waals surface area contributed by atoms with Gasteiger partial charge in [-0.2, -0.15) is 0 Å². The maximum Gasteiger partial charge on any atom is 0.0615 e. The molecule has 0 heterocycles. The molecular formula is C17H38N2O. The highest BCUT2D eigenvalue weighted by atomic mass is 16.5. The second-order valence-electron chi connectivity index (χ2n) is 5.84. The fourth-order valence-corrected chi connectivity index (χ4v) is 2.75. The van der Waals surface area contributed by atoms with E-state index in [0.29, 0.717) is 6.04 Å². The van der Waals surface area contributed by atoms with Crippen LogP contribution in [0.25, 0.3) is 0 Å². The van der Waals surface area contributed by atoms with Crippen molar-refractivity contribution in [3.8, 4) is 0 Å². The molecule has 1 unspecified atom stereocenters. The van der Waals surface area contributed by atoms with Crippen LogP contribution in [-0.2, 0) is 4.74 Å². The Morgan fingerprint density at radius 3 is 1.95 bits per heavy atom. The molecule has 0 saturated heterocycles. The molecule has 0 N–H and O–H groups in total. The van der Waals surface area contributed by atoms with Crippen molar-refractivity contribution in [1.82, 2.24) is 9.80 Å². The van der Waals surface area contributed by atoms with Crippen LogP contribution in [0.2, 0.25) is 0 Å². The first-order chi connectivity index (χ1) is 9.62. The van der Waals surface area contributed by atoms with Gasteiger partial charge in [0.2, 0.25) is 0 Å². The third-order valence-corrected chi connectivity index (χ3v) is 4.61. The first-order valence-corrected chi connectivity index (χ1v) is 8.58. The number of nitrogens with zero attached hydrogens (tertiary/aromatic N) is 2. The van der Waals surface area contributed by atoms with E-state index in [1.54, 1.807) is 7.11 Å². The van der Waals surface area contributed by atoms with Crippen molar-refractivity contribution in [1.29, 1.82) is 0 Å². The summed E-state index contributed by atoms with van der Waals surface area (Å²) in [6.07, 6.45) is 3.93. The van der Waals surface area contributed by atoms with Gasteiger partial charge in [0.15, 0.2) is 0 Å². The van der Waals surface area contributed by atoms with Crippen LogP contribution in [0.15, 0.2) is 0 Å². The predicted octanol–water partition coefficient (Wildman–Crippen LogP) is 3.49. The highest BCUT2D eigenvalue weighted by Gasteiger charge is 2.16. The van der Waals surface area contributed by atoms with Gasteiger partial charge in [-0.1, -0.05) is 40.5 Å². The number of hydrogen-bond donors (Lipinski definition) is 0. The zero-order valence-corrected chi connectivity index (χ0v) is 14.8. The largest absolute Gasteiger partial charge is 0.383 e. The molecule has 0 aliphatic rings. The van der Waals surface area contributed by atoms with Crippen molar-refractivity contribution in [2.45, 2.75) is 59.9 Å². The Kier molecular flexibility index (Phi) is 12.5. The summed E-state index contributed by atoms with van der Waals surface area (Å²) in [5, 5.41) is 0. The lowest BCUT2D eigenvalue weighted by molar-refractivity contribution is 0.0864. The molecule has 0 rings (SSSR count). The van der Waals surface area contributed by atoms with Crippen molar-refractivity contribution >= 4 is 0 Å². The zero-order chi connectivity index (χ0) is 15.4. The number of hydrogen-bond acceptors (Lipinski definition) is 3. The summed E-state index contributed by atoms with van der Waals surface area (Å²) in [5.41, 5.74) is 0. The van der Waals surface area contributed by atoms with E-state index in [1.807, 2.05) is 0 Å². The molecule has 0 aromatic rings. The molecule has 0 aliphatic heterocycles. The Morgan fingerprint density at radius 2 is 1.50 bits per heavy atom. The fraction of sp³-hybridized carbons (Fsp3) is 1.00. The van der Waals surface area contributed by atoms with E-state index in [1.165, 1.54) is 32.4 Å². The molecule has 0 spiro atoms. The molecule has 1 atom stereocenters. The smallest absolute Gasteiger partial charge is 0.0615 e. The van der Waals surface area contributed by atoms with Crippen LogP contribution in [0.5, 0.6) is 0 Å². The Labute approximate surface area is 127 Å². The minimum Gasteiger partial charge on any atom is -0.383 e. The molecule has 0 aromatic heterocycles. The molecule has 0 radical (unpaired) electrons. The van der Waals surface area contributed by atoms with E-state index >= 15 is 0 Å². The van der Waals surface area contributed by atoms with Gasteiger partial charge in [0, 0.05) is 26.2 Å². The Morgan fingerprint density at radius 1 is 0.900 bits per heavy atom. The van der Waals surface area contributed by atoms with Gasteiger partial charge in [0.25, 0.3) is 0 Å². The van der Waals surface area contributed by atoms with Crippen molar-refractivity contribution < 1.29 is 4.74 Å². The standard InChI is InChI=1S/C17H38N2O/c1-7-17(8-2)11-12-19(16(5)15-20-6)14-13-18(9-3)10-4/h16-17H,7-15H2,1-6H3. The van der Waals surface area contributed by atoms with E-state index in [9.17, 15) is 0 Å². The van der Waals surface area contributed by atoms with E-state index < -0.39 is 0 Å². The lowest BCUT2D eigenvalue weighted by atomic mass is 9.99. The van der Waals surface area contributed by atoms with Gasteiger partial charge in [-0.15, -0.1) is 0 Å². The molecular weight excluding hydrogens is 248 g/mol. The van der Waals surface area contributed by atoms with Crippen LogP contribution in [-0.4, -0.2) is 62.3 Å². The van der Waals surface area contributed by atoms with Gasteiger partial charge in [0.1, 0.15) is 0 Å². The van der Waals surface area contributed by atoms with E-state index in [2.05, 4.69) is 44.4 Å². The van der Waals surface area contributed by atoms with Crippen LogP contribution in [0, 0.1) is 5.92 Å². The normalized spacial score (nSPS) is 13.7. The second-order valence-corrected chi connectivity index (χ2v) is 5.84. The summed E-state index contributed by atoms with van der Waals surface area (Å²) in [7, 11) is 1.81. The van der Waals surface area contributed by atoms with Gasteiger partial charge >= 0.3 is 0 Å². The van der Waals surface area contributed by atoms with Gasteiger partial charge in [0.05, 0.1) is 6.61 Å². The first-order valence-electron chi connectivity index (χ1n) is 8.58. The third-order valence-electron chi connectivity index (χ3n) is 4.61. The number of ether oxygens (including phenoxy) is 1. The third kappa shape index (κ3) is 8.23. The quantitative estimate of drug-likeness (QED) is 0.515. The Bertz CT molecular complexity index is 187. The van der Waals surface area contributed by atoms with Crippen LogP contribution in [0.4, 0.5) is 0 Å². The number of methoxy groups -OCH3 is 1. The van der Waals surface area contributed by atoms with Crippen molar-refractivity contribution in [3.63, 3.8) is 0 Å². The lowest BCUT2D eigenvalue weighted by Crippen LogP contribution is -2.42. The number of rotatable bonds is 13. The van der Waals surface area contributed by atoms with Gasteiger partial charge < -0.3 is 9.64 Å². The summed E-state index contributed by atoms with van der Waals surface area (Å²) < 4.78 is 5.35. The molecule has 0 aromatic carbocycles. The highest BCUT2D eigenvalue weighted by Crippen LogP contribution is 2.14. The molecule has 3 heteroatoms. The predicted molar refractivity (Wildman–Crippen MR) is 89.4 cm³/mol. The first kappa shape index (κ1) is 19.9. The van der Waals surface area contributed by atoms with Crippen molar-refractivity contribution in [2.75, 3.05) is 46.4 Å². The van der Waals surface area contributed by atoms with Crippen LogP contribution in [0.1, 0.15) is 53.9 Å². The molecule has 0 saturated carbocycles. The van der Waals surface area contributed by atoms with Crippen molar-refractivity contribution in [3.05, 3.63) is 0 Å². The van der Waals surface area contributed by atoms with Crippen LogP contribution >= 0.6 is 0 Å². The average molecular weight is 287 g/mol. The summed E-state index contributed by atoms with van der Waals surface area (Å²) in [5.74, 6) is 0.876. The monoisotopic (exact) mass is 286 g/mol. The number of likely N-dealkylation sites (N-methyl/N-ethyl adjacent to an activating group) is 1. The zero-order valence-electron chi connectivity index (χ0n) is 14.8. The summed E-state index contributed by atoms with van der Waals surface area (Å²) in [4.78, 5) is 5.11. The molecule has 0 bridgehead atoms. The summed E-state index contributed by atoms with van der Waals surface area (Å²) in [6.45, 7) is 18.1. The fourth-order valence-electron chi connectivity index (χ4n) is 2.75. The van der Waals surface area contributed by atoms with Gasteiger partial charge in [-0.05, 0) is 38.9 Å². The molecule has 0 amide bonds. The second kappa shape index (κ2) is 12.6. The Balaban J connectivity index is 4.32. The van der Waals surface area contributed by atoms with E-state index in [4.69, 9.17) is 4.74 Å². The maximum atomic E-state index is 5.35. The molecule has 0 fully saturated rings. The minimum absolute atomic E-state index is 0.518. The molecule has 122 valence electrons. The van der Waals surface area contributed by atoms with E-state index in [-0.39, 0.29) is 0 Å². The molecule has 0 aliphatic carbocycles. The molecule has 3 nitrogen and oxygen atoms in total. The summed E-state index contributed by atoms with van der Waals surface area (Å²) in [6, 6.07) is 0.518. The average Bonchev–Trinajstić information content (AvgIpc) is 2.47. The van der Waals surface area contributed by atoms with E-state index in [0.717, 1.165) is 32.2 Å². The minimum atomic E-state index is 0.518. The van der Waals surface area contributed by atoms with Crippen LogP contribution < -0.4 is 0 Å².